The Bertz CT molecular complexity index is 831. The second-order valence-corrected chi connectivity index (χ2v) is 5.65. The van der Waals surface area contributed by atoms with E-state index in [0.717, 1.165) is 12.8 Å². The lowest BCUT2D eigenvalue weighted by Crippen LogP contribution is -2.27. The SMILES string of the molecule is COC(=O)c1ccccc1NC(=O)c1cccc(C(=O)NC2CC2)n1. The molecule has 25 heavy (non-hydrogen) atoms. The van der Waals surface area contributed by atoms with Crippen LogP contribution >= 0.6 is 0 Å². The van der Waals surface area contributed by atoms with Gasteiger partial charge in [-0.15, -0.1) is 0 Å². The second-order valence-electron chi connectivity index (χ2n) is 5.65. The molecule has 0 atom stereocenters. The van der Waals surface area contributed by atoms with Crippen LogP contribution in [0.1, 0.15) is 44.2 Å². The van der Waals surface area contributed by atoms with E-state index in [4.69, 9.17) is 4.74 Å². The Balaban J connectivity index is 1.77. The Morgan fingerprint density at radius 2 is 1.68 bits per heavy atom. The molecule has 1 aromatic carbocycles. The maximum atomic E-state index is 12.4. The highest BCUT2D eigenvalue weighted by atomic mass is 16.5. The maximum Gasteiger partial charge on any atom is 0.339 e. The number of hydrogen-bond acceptors (Lipinski definition) is 5. The number of carbonyl (C=O) groups is 3. The average Bonchev–Trinajstić information content (AvgIpc) is 3.45. The first kappa shape index (κ1) is 16.6. The highest BCUT2D eigenvalue weighted by Crippen LogP contribution is 2.19. The first-order valence-electron chi connectivity index (χ1n) is 7.85. The molecule has 1 aromatic heterocycles. The molecule has 2 N–H and O–H groups in total. The predicted molar refractivity (Wildman–Crippen MR) is 90.5 cm³/mol. The van der Waals surface area contributed by atoms with Crippen molar-refractivity contribution in [2.24, 2.45) is 0 Å². The molecule has 1 fully saturated rings. The maximum absolute atomic E-state index is 12.4. The summed E-state index contributed by atoms with van der Waals surface area (Å²) in [5.41, 5.74) is 0.818. The van der Waals surface area contributed by atoms with Crippen molar-refractivity contribution in [3.63, 3.8) is 0 Å². The van der Waals surface area contributed by atoms with Crippen molar-refractivity contribution in [2.45, 2.75) is 18.9 Å². The quantitative estimate of drug-likeness (QED) is 0.812. The molecule has 0 saturated heterocycles. The van der Waals surface area contributed by atoms with E-state index in [1.807, 2.05) is 0 Å². The molecule has 0 bridgehead atoms. The summed E-state index contributed by atoms with van der Waals surface area (Å²) in [7, 11) is 1.27. The van der Waals surface area contributed by atoms with Gasteiger partial charge < -0.3 is 15.4 Å². The Morgan fingerprint density at radius 1 is 1.00 bits per heavy atom. The van der Waals surface area contributed by atoms with Crippen LogP contribution in [0.2, 0.25) is 0 Å². The highest BCUT2D eigenvalue weighted by Gasteiger charge is 2.24. The summed E-state index contributed by atoms with van der Waals surface area (Å²) in [4.78, 5) is 40.3. The van der Waals surface area contributed by atoms with Gasteiger partial charge in [0.05, 0.1) is 18.4 Å². The van der Waals surface area contributed by atoms with Gasteiger partial charge in [-0.25, -0.2) is 9.78 Å². The fourth-order valence-electron chi connectivity index (χ4n) is 2.24. The van der Waals surface area contributed by atoms with Gasteiger partial charge in [0.25, 0.3) is 11.8 Å². The van der Waals surface area contributed by atoms with Gasteiger partial charge in [-0.05, 0) is 37.1 Å². The molecule has 0 aliphatic heterocycles. The molecule has 1 heterocycles. The van der Waals surface area contributed by atoms with Crippen LogP contribution in [0.3, 0.4) is 0 Å². The molecule has 1 aliphatic rings. The van der Waals surface area contributed by atoms with Crippen LogP contribution < -0.4 is 10.6 Å². The number of hydrogen-bond donors (Lipinski definition) is 2. The lowest BCUT2D eigenvalue weighted by Gasteiger charge is -2.10. The summed E-state index contributed by atoms with van der Waals surface area (Å²) in [5.74, 6) is -1.37. The Kier molecular flexibility index (Phi) is 4.74. The molecule has 1 saturated carbocycles. The molecule has 7 nitrogen and oxygen atoms in total. The van der Waals surface area contributed by atoms with E-state index >= 15 is 0 Å². The van der Waals surface area contributed by atoms with Crippen LogP contribution in [0.15, 0.2) is 42.5 Å². The lowest BCUT2D eigenvalue weighted by molar-refractivity contribution is 0.0601. The molecule has 7 heteroatoms. The van der Waals surface area contributed by atoms with Gasteiger partial charge in [0, 0.05) is 6.04 Å². The number of methoxy groups -OCH3 is 1. The number of benzene rings is 1. The van der Waals surface area contributed by atoms with E-state index in [2.05, 4.69) is 15.6 Å². The van der Waals surface area contributed by atoms with E-state index in [-0.39, 0.29) is 28.9 Å². The minimum absolute atomic E-state index is 0.0862. The second kappa shape index (κ2) is 7.12. The van der Waals surface area contributed by atoms with E-state index in [0.29, 0.717) is 5.69 Å². The van der Waals surface area contributed by atoms with Crippen molar-refractivity contribution < 1.29 is 19.1 Å². The number of esters is 1. The topological polar surface area (TPSA) is 97.4 Å². The number of ether oxygens (including phenoxy) is 1. The largest absolute Gasteiger partial charge is 0.465 e. The third-order valence-corrected chi connectivity index (χ3v) is 3.71. The number of para-hydroxylation sites is 1. The van der Waals surface area contributed by atoms with Crippen LogP contribution in [0, 0.1) is 0 Å². The summed E-state index contributed by atoms with van der Waals surface area (Å²) < 4.78 is 4.70. The van der Waals surface area contributed by atoms with Crippen LogP contribution in [-0.4, -0.2) is 35.9 Å². The zero-order chi connectivity index (χ0) is 17.8. The van der Waals surface area contributed by atoms with E-state index < -0.39 is 11.9 Å². The molecule has 0 unspecified atom stereocenters. The number of anilines is 1. The van der Waals surface area contributed by atoms with Crippen molar-refractivity contribution in [1.82, 2.24) is 10.3 Å². The minimum Gasteiger partial charge on any atom is -0.465 e. The highest BCUT2D eigenvalue weighted by molar-refractivity contribution is 6.07. The summed E-state index contributed by atoms with van der Waals surface area (Å²) >= 11 is 0. The van der Waals surface area contributed by atoms with Crippen LogP contribution in [0.5, 0.6) is 0 Å². The van der Waals surface area contributed by atoms with Crippen LogP contribution in [0.4, 0.5) is 5.69 Å². The third-order valence-electron chi connectivity index (χ3n) is 3.71. The Labute approximate surface area is 144 Å². The number of pyridine rings is 1. The molecular formula is C18H17N3O4. The van der Waals surface area contributed by atoms with Gasteiger partial charge in [-0.3, -0.25) is 9.59 Å². The van der Waals surface area contributed by atoms with Crippen molar-refractivity contribution in [3.05, 3.63) is 59.4 Å². The standard InChI is InChI=1S/C18H17N3O4/c1-25-18(24)12-5-2-3-6-13(12)21-17(23)15-8-4-7-14(20-15)16(22)19-11-9-10-11/h2-8,11H,9-10H2,1H3,(H,19,22)(H,21,23). The molecular weight excluding hydrogens is 322 g/mol. The van der Waals surface area contributed by atoms with Crippen molar-refractivity contribution >= 4 is 23.5 Å². The number of nitrogens with one attached hydrogen (secondary N) is 2. The number of nitrogens with zero attached hydrogens (tertiary/aromatic N) is 1. The molecule has 0 radical (unpaired) electrons. The van der Waals surface area contributed by atoms with E-state index in [1.54, 1.807) is 36.4 Å². The number of aromatic nitrogens is 1. The molecule has 2 amide bonds. The molecule has 128 valence electrons. The molecule has 2 aromatic rings. The number of carbonyl (C=O) groups excluding carboxylic acids is 3. The average molecular weight is 339 g/mol. The smallest absolute Gasteiger partial charge is 0.339 e. The first-order valence-corrected chi connectivity index (χ1v) is 7.85. The summed E-state index contributed by atoms with van der Waals surface area (Å²) in [6, 6.07) is 11.4. The fraction of sp³-hybridized carbons (Fsp3) is 0.222. The zero-order valence-corrected chi connectivity index (χ0v) is 13.6. The molecule has 3 rings (SSSR count). The minimum atomic E-state index is -0.554. The predicted octanol–water partition coefficient (Wildman–Crippen LogP) is 2.01. The summed E-state index contributed by atoms with van der Waals surface area (Å²) in [5, 5.41) is 5.45. The van der Waals surface area contributed by atoms with Crippen LogP contribution in [-0.2, 0) is 4.74 Å². The molecule has 1 aliphatic carbocycles. The van der Waals surface area contributed by atoms with Gasteiger partial charge in [0.2, 0.25) is 0 Å². The van der Waals surface area contributed by atoms with Gasteiger partial charge in [0.15, 0.2) is 0 Å². The monoisotopic (exact) mass is 339 g/mol. The van der Waals surface area contributed by atoms with E-state index in [1.165, 1.54) is 13.2 Å². The fourth-order valence-corrected chi connectivity index (χ4v) is 2.24. The lowest BCUT2D eigenvalue weighted by atomic mass is 10.1. The molecule has 0 spiro atoms. The number of rotatable bonds is 5. The van der Waals surface area contributed by atoms with Crippen molar-refractivity contribution in [1.29, 1.82) is 0 Å². The van der Waals surface area contributed by atoms with Gasteiger partial charge in [-0.1, -0.05) is 18.2 Å². The normalized spacial score (nSPS) is 13.0. The third kappa shape index (κ3) is 4.00. The van der Waals surface area contributed by atoms with Crippen molar-refractivity contribution in [3.8, 4) is 0 Å². The first-order chi connectivity index (χ1) is 12.1. The zero-order valence-electron chi connectivity index (χ0n) is 13.6. The Morgan fingerprint density at radius 3 is 2.36 bits per heavy atom. The van der Waals surface area contributed by atoms with Crippen molar-refractivity contribution in [2.75, 3.05) is 12.4 Å². The summed E-state index contributed by atoms with van der Waals surface area (Å²) in [6.45, 7) is 0. The van der Waals surface area contributed by atoms with E-state index in [9.17, 15) is 14.4 Å². The van der Waals surface area contributed by atoms with Gasteiger partial charge in [0.1, 0.15) is 11.4 Å². The summed E-state index contributed by atoms with van der Waals surface area (Å²) in [6.07, 6.45) is 1.94. The van der Waals surface area contributed by atoms with Gasteiger partial charge >= 0.3 is 5.97 Å². The van der Waals surface area contributed by atoms with Crippen LogP contribution in [0.25, 0.3) is 0 Å². The Hall–Kier alpha value is -3.22. The van der Waals surface area contributed by atoms with Gasteiger partial charge in [-0.2, -0.15) is 0 Å². The number of amides is 2.